The van der Waals surface area contributed by atoms with Gasteiger partial charge in [0.05, 0.1) is 0 Å². The highest BCUT2D eigenvalue weighted by Crippen LogP contribution is 2.30. The summed E-state index contributed by atoms with van der Waals surface area (Å²) in [5, 5.41) is 6.06. The van der Waals surface area contributed by atoms with Crippen molar-refractivity contribution in [3.63, 3.8) is 0 Å². The van der Waals surface area contributed by atoms with Crippen molar-refractivity contribution in [2.75, 3.05) is 33.2 Å². The molecule has 26 heavy (non-hydrogen) atoms. The van der Waals surface area contributed by atoms with Crippen LogP contribution in [0.25, 0.3) is 0 Å². The number of likely N-dealkylation sites (N-methyl/N-ethyl adjacent to an activating group) is 1. The van der Waals surface area contributed by atoms with Crippen LogP contribution in [0.2, 0.25) is 0 Å². The summed E-state index contributed by atoms with van der Waals surface area (Å²) in [7, 11) is 2.03. The maximum absolute atomic E-state index is 12.6. The summed E-state index contributed by atoms with van der Waals surface area (Å²) >= 11 is 0. The molecule has 0 bridgehead atoms. The van der Waals surface area contributed by atoms with Crippen LogP contribution in [0.15, 0.2) is 18.2 Å². The molecular formula is C20H30N4O2. The Morgan fingerprint density at radius 3 is 2.46 bits per heavy atom. The third-order valence-electron chi connectivity index (χ3n) is 5.71. The number of nitrogens with one attached hydrogen (secondary N) is 2. The molecule has 0 saturated carbocycles. The van der Waals surface area contributed by atoms with Crippen LogP contribution in [-0.2, 0) is 11.3 Å². The highest BCUT2D eigenvalue weighted by Gasteiger charge is 2.46. The molecule has 0 aromatic heterocycles. The lowest BCUT2D eigenvalue weighted by molar-refractivity contribution is -0.134. The van der Waals surface area contributed by atoms with Crippen LogP contribution >= 0.6 is 0 Å². The van der Waals surface area contributed by atoms with E-state index in [9.17, 15) is 9.59 Å². The van der Waals surface area contributed by atoms with Crippen molar-refractivity contribution >= 4 is 11.9 Å². The smallest absolute Gasteiger partial charge is 0.317 e. The van der Waals surface area contributed by atoms with E-state index in [2.05, 4.69) is 47.6 Å². The number of benzene rings is 1. The molecule has 1 spiro atoms. The molecule has 1 aromatic carbocycles. The summed E-state index contributed by atoms with van der Waals surface area (Å²) in [4.78, 5) is 29.1. The zero-order valence-corrected chi connectivity index (χ0v) is 16.1. The Bertz CT molecular complexity index is 660. The van der Waals surface area contributed by atoms with Crippen molar-refractivity contribution in [1.82, 2.24) is 20.4 Å². The normalized spacial score (nSPS) is 20.6. The molecule has 2 aliphatic rings. The van der Waals surface area contributed by atoms with Gasteiger partial charge in [0.15, 0.2) is 0 Å². The van der Waals surface area contributed by atoms with Crippen LogP contribution in [0.1, 0.15) is 36.0 Å². The molecule has 0 aliphatic carbocycles. The highest BCUT2D eigenvalue weighted by atomic mass is 16.2. The quantitative estimate of drug-likeness (QED) is 0.847. The number of hydrogen-bond acceptors (Lipinski definition) is 3. The van der Waals surface area contributed by atoms with Crippen molar-refractivity contribution in [2.24, 2.45) is 0 Å². The number of piperidine rings is 1. The molecule has 6 heteroatoms. The van der Waals surface area contributed by atoms with Crippen LogP contribution in [0, 0.1) is 13.8 Å². The van der Waals surface area contributed by atoms with Gasteiger partial charge in [-0.25, -0.2) is 4.79 Å². The fourth-order valence-corrected chi connectivity index (χ4v) is 4.22. The van der Waals surface area contributed by atoms with Crippen LogP contribution in [0.3, 0.4) is 0 Å². The molecule has 2 aliphatic heterocycles. The number of carbonyl (C=O) groups is 2. The van der Waals surface area contributed by atoms with Crippen molar-refractivity contribution in [3.8, 4) is 0 Å². The van der Waals surface area contributed by atoms with E-state index in [0.29, 0.717) is 32.5 Å². The van der Waals surface area contributed by atoms with E-state index in [4.69, 9.17) is 0 Å². The first-order valence-corrected chi connectivity index (χ1v) is 9.50. The minimum Gasteiger partial charge on any atom is -0.354 e. The van der Waals surface area contributed by atoms with Gasteiger partial charge in [-0.2, -0.15) is 0 Å². The van der Waals surface area contributed by atoms with Gasteiger partial charge in [0, 0.05) is 32.7 Å². The molecule has 0 unspecified atom stereocenters. The predicted molar refractivity (Wildman–Crippen MR) is 102 cm³/mol. The number of nitrogens with zero attached hydrogens (tertiary/aromatic N) is 2. The molecule has 6 nitrogen and oxygen atoms in total. The minimum atomic E-state index is -0.457. The van der Waals surface area contributed by atoms with Crippen LogP contribution in [-0.4, -0.2) is 60.5 Å². The predicted octanol–water partition coefficient (Wildman–Crippen LogP) is 1.80. The second kappa shape index (κ2) is 7.66. The SMILES string of the molecule is Cc1cc(C)cc(CNC(=O)N2CCC3(CC2)C(=O)NCCCN3C)c1. The van der Waals surface area contributed by atoms with Crippen molar-refractivity contribution < 1.29 is 9.59 Å². The molecule has 0 atom stereocenters. The zero-order valence-electron chi connectivity index (χ0n) is 16.1. The van der Waals surface area contributed by atoms with Gasteiger partial charge < -0.3 is 15.5 Å². The van der Waals surface area contributed by atoms with E-state index in [0.717, 1.165) is 25.1 Å². The maximum atomic E-state index is 12.6. The first kappa shape index (κ1) is 18.7. The lowest BCUT2D eigenvalue weighted by Gasteiger charge is -2.44. The van der Waals surface area contributed by atoms with E-state index in [1.165, 1.54) is 11.1 Å². The lowest BCUT2D eigenvalue weighted by atomic mass is 9.85. The highest BCUT2D eigenvalue weighted by molar-refractivity contribution is 5.87. The monoisotopic (exact) mass is 358 g/mol. The van der Waals surface area contributed by atoms with E-state index in [1.54, 1.807) is 0 Å². The van der Waals surface area contributed by atoms with Crippen LogP contribution in [0.5, 0.6) is 0 Å². The molecule has 1 aromatic rings. The summed E-state index contributed by atoms with van der Waals surface area (Å²) in [5.41, 5.74) is 3.07. The zero-order chi connectivity index (χ0) is 18.7. The maximum Gasteiger partial charge on any atom is 0.317 e. The third kappa shape index (κ3) is 3.85. The van der Waals surface area contributed by atoms with Gasteiger partial charge in [0.2, 0.25) is 5.91 Å². The number of aryl methyl sites for hydroxylation is 2. The number of urea groups is 1. The largest absolute Gasteiger partial charge is 0.354 e. The van der Waals surface area contributed by atoms with Gasteiger partial charge in [-0.15, -0.1) is 0 Å². The standard InChI is InChI=1S/C20H30N4O2/c1-15-11-16(2)13-17(12-15)14-22-19(26)24-9-5-20(6-10-24)18(25)21-7-4-8-23(20)3/h11-13H,4-10,14H2,1-3H3,(H,21,25)(H,22,26). The van der Waals surface area contributed by atoms with E-state index in [-0.39, 0.29) is 11.9 Å². The third-order valence-corrected chi connectivity index (χ3v) is 5.71. The number of amides is 3. The molecule has 0 radical (unpaired) electrons. The van der Waals surface area contributed by atoms with Crippen LogP contribution < -0.4 is 10.6 Å². The Kier molecular flexibility index (Phi) is 5.51. The first-order chi connectivity index (χ1) is 12.4. The number of likely N-dealkylation sites (tertiary alicyclic amines) is 1. The molecular weight excluding hydrogens is 328 g/mol. The van der Waals surface area contributed by atoms with Crippen molar-refractivity contribution in [2.45, 2.75) is 45.2 Å². The molecule has 2 N–H and O–H groups in total. The average molecular weight is 358 g/mol. The van der Waals surface area contributed by atoms with E-state index in [1.807, 2.05) is 11.9 Å². The van der Waals surface area contributed by atoms with Gasteiger partial charge in [-0.1, -0.05) is 29.3 Å². The first-order valence-electron chi connectivity index (χ1n) is 9.50. The second-order valence-electron chi connectivity index (χ2n) is 7.70. The summed E-state index contributed by atoms with van der Waals surface area (Å²) in [6.45, 7) is 7.53. The Hall–Kier alpha value is -2.08. The Morgan fingerprint density at radius 2 is 1.81 bits per heavy atom. The molecule has 3 rings (SSSR count). The summed E-state index contributed by atoms with van der Waals surface area (Å²) in [6.07, 6.45) is 2.35. The summed E-state index contributed by atoms with van der Waals surface area (Å²) in [5.74, 6) is 0.118. The number of hydrogen-bond donors (Lipinski definition) is 2. The minimum absolute atomic E-state index is 0.0457. The van der Waals surface area contributed by atoms with Gasteiger partial charge in [-0.05, 0) is 45.7 Å². The fraction of sp³-hybridized carbons (Fsp3) is 0.600. The summed E-state index contributed by atoms with van der Waals surface area (Å²) < 4.78 is 0. The van der Waals surface area contributed by atoms with E-state index < -0.39 is 5.54 Å². The number of rotatable bonds is 2. The van der Waals surface area contributed by atoms with Gasteiger partial charge in [0.1, 0.15) is 5.54 Å². The van der Waals surface area contributed by atoms with Gasteiger partial charge >= 0.3 is 6.03 Å². The van der Waals surface area contributed by atoms with Gasteiger partial charge in [-0.3, -0.25) is 9.69 Å². The van der Waals surface area contributed by atoms with Crippen molar-refractivity contribution in [1.29, 1.82) is 0 Å². The molecule has 2 saturated heterocycles. The van der Waals surface area contributed by atoms with Gasteiger partial charge in [0.25, 0.3) is 0 Å². The topological polar surface area (TPSA) is 64.7 Å². The molecule has 2 heterocycles. The fourth-order valence-electron chi connectivity index (χ4n) is 4.22. The summed E-state index contributed by atoms with van der Waals surface area (Å²) in [6, 6.07) is 6.28. The molecule has 3 amide bonds. The van der Waals surface area contributed by atoms with Crippen molar-refractivity contribution in [3.05, 3.63) is 34.9 Å². The Labute approximate surface area is 155 Å². The Balaban J connectivity index is 1.57. The van der Waals surface area contributed by atoms with E-state index >= 15 is 0 Å². The Morgan fingerprint density at radius 1 is 1.15 bits per heavy atom. The lowest BCUT2D eigenvalue weighted by Crippen LogP contribution is -2.62. The average Bonchev–Trinajstić information content (AvgIpc) is 2.74. The number of carbonyl (C=O) groups excluding carboxylic acids is 2. The molecule has 2 fully saturated rings. The molecule has 142 valence electrons. The van der Waals surface area contributed by atoms with Crippen LogP contribution in [0.4, 0.5) is 4.79 Å². The second-order valence-corrected chi connectivity index (χ2v) is 7.70.